The van der Waals surface area contributed by atoms with Crippen LogP contribution in [0.1, 0.15) is 45.4 Å². The Bertz CT molecular complexity index is 1380. The molecule has 2 aromatic carbocycles. The highest BCUT2D eigenvalue weighted by Gasteiger charge is 2.30. The summed E-state index contributed by atoms with van der Waals surface area (Å²) in [7, 11) is 2.00. The molecule has 1 aliphatic rings. The standard InChI is InChI=1S/C30H33N5O2/c1-30(2,3)37-29(36)35-19-16-22(17-20-35)27-32-24-14-10-13-23(21-11-6-5-7-12-21)26(24)28(33-27)34(4)25-15-8-9-18-31-25/h5-15,18,22H,16-17,19-20H2,1-4H3. The molecule has 0 spiro atoms. The van der Waals surface area contributed by atoms with Gasteiger partial charge < -0.3 is 14.5 Å². The number of carbonyl (C=O) groups excluding carboxylic acids is 1. The molecular weight excluding hydrogens is 462 g/mol. The molecule has 1 aliphatic heterocycles. The molecule has 0 radical (unpaired) electrons. The molecule has 7 nitrogen and oxygen atoms in total. The zero-order valence-corrected chi connectivity index (χ0v) is 21.9. The van der Waals surface area contributed by atoms with E-state index in [4.69, 9.17) is 14.7 Å². The number of hydrogen-bond donors (Lipinski definition) is 0. The Labute approximate surface area is 218 Å². The number of fused-ring (bicyclic) bond motifs is 1. The van der Waals surface area contributed by atoms with Crippen molar-refractivity contribution in [1.29, 1.82) is 0 Å². The third-order valence-electron chi connectivity index (χ3n) is 6.63. The molecule has 0 unspecified atom stereocenters. The van der Waals surface area contributed by atoms with Gasteiger partial charge in [-0.15, -0.1) is 0 Å². The summed E-state index contributed by atoms with van der Waals surface area (Å²) in [5.74, 6) is 2.60. The van der Waals surface area contributed by atoms with Crippen LogP contribution in [0.4, 0.5) is 16.4 Å². The van der Waals surface area contributed by atoms with Gasteiger partial charge in [-0.2, -0.15) is 0 Å². The van der Waals surface area contributed by atoms with Gasteiger partial charge in [0.05, 0.1) is 10.9 Å². The quantitative estimate of drug-likeness (QED) is 0.319. The number of nitrogens with zero attached hydrogens (tertiary/aromatic N) is 5. The van der Waals surface area contributed by atoms with Crippen molar-refractivity contribution < 1.29 is 9.53 Å². The van der Waals surface area contributed by atoms with Crippen LogP contribution in [0.15, 0.2) is 72.9 Å². The maximum atomic E-state index is 12.6. The zero-order chi connectivity index (χ0) is 26.0. The van der Waals surface area contributed by atoms with Crippen LogP contribution in [0.3, 0.4) is 0 Å². The summed E-state index contributed by atoms with van der Waals surface area (Å²) in [5.41, 5.74) is 2.60. The van der Waals surface area contributed by atoms with Crippen molar-refractivity contribution >= 4 is 28.6 Å². The molecule has 190 valence electrons. The summed E-state index contributed by atoms with van der Waals surface area (Å²) in [6.45, 7) is 6.92. The van der Waals surface area contributed by atoms with Crippen molar-refractivity contribution in [3.05, 3.63) is 78.8 Å². The Morgan fingerprint density at radius 3 is 2.35 bits per heavy atom. The SMILES string of the molecule is CN(c1ccccn1)c1nc(C2CCN(C(=O)OC(C)(C)C)CC2)nc2cccc(-c3ccccc3)c12. The number of amides is 1. The van der Waals surface area contributed by atoms with Crippen molar-refractivity contribution in [2.24, 2.45) is 0 Å². The molecule has 0 atom stereocenters. The minimum atomic E-state index is -0.503. The number of piperidine rings is 1. The molecule has 37 heavy (non-hydrogen) atoms. The molecule has 0 aliphatic carbocycles. The molecular formula is C30H33N5O2. The van der Waals surface area contributed by atoms with Gasteiger partial charge in [-0.05, 0) is 62.9 Å². The van der Waals surface area contributed by atoms with Gasteiger partial charge in [0.2, 0.25) is 0 Å². The van der Waals surface area contributed by atoms with Gasteiger partial charge in [0.1, 0.15) is 23.1 Å². The third-order valence-corrected chi connectivity index (χ3v) is 6.63. The molecule has 0 N–H and O–H groups in total. The monoisotopic (exact) mass is 495 g/mol. The number of benzene rings is 2. The molecule has 4 aromatic rings. The van der Waals surface area contributed by atoms with Gasteiger partial charge in [-0.25, -0.2) is 19.7 Å². The zero-order valence-electron chi connectivity index (χ0n) is 21.9. The molecule has 5 rings (SSSR count). The molecule has 2 aromatic heterocycles. The number of pyridine rings is 1. The van der Waals surface area contributed by atoms with Crippen LogP contribution < -0.4 is 4.90 Å². The topological polar surface area (TPSA) is 71.5 Å². The lowest BCUT2D eigenvalue weighted by molar-refractivity contribution is 0.0203. The normalized spacial score (nSPS) is 14.5. The van der Waals surface area contributed by atoms with Crippen molar-refractivity contribution in [2.45, 2.75) is 45.1 Å². The number of carbonyl (C=O) groups is 1. The highest BCUT2D eigenvalue weighted by molar-refractivity contribution is 6.03. The molecule has 1 fully saturated rings. The van der Waals surface area contributed by atoms with Gasteiger partial charge in [-0.3, -0.25) is 0 Å². The number of aromatic nitrogens is 3. The molecule has 7 heteroatoms. The van der Waals surface area contributed by atoms with E-state index in [9.17, 15) is 4.79 Å². The van der Waals surface area contributed by atoms with Crippen LogP contribution in [0.25, 0.3) is 22.0 Å². The maximum absolute atomic E-state index is 12.6. The van der Waals surface area contributed by atoms with E-state index in [1.54, 1.807) is 11.1 Å². The summed E-state index contributed by atoms with van der Waals surface area (Å²) >= 11 is 0. The Kier molecular flexibility index (Phi) is 6.78. The fraction of sp³-hybridized carbons (Fsp3) is 0.333. The average Bonchev–Trinajstić information content (AvgIpc) is 2.92. The predicted octanol–water partition coefficient (Wildman–Crippen LogP) is 6.57. The summed E-state index contributed by atoms with van der Waals surface area (Å²) in [6.07, 6.45) is 3.11. The van der Waals surface area contributed by atoms with E-state index >= 15 is 0 Å². The Morgan fingerprint density at radius 1 is 0.946 bits per heavy atom. The Balaban J connectivity index is 1.53. The summed E-state index contributed by atoms with van der Waals surface area (Å²) in [4.78, 5) is 31.2. The second kappa shape index (κ2) is 10.2. The van der Waals surface area contributed by atoms with Crippen LogP contribution in [0.5, 0.6) is 0 Å². The van der Waals surface area contributed by atoms with Gasteiger partial charge in [0, 0.05) is 32.3 Å². The molecule has 1 saturated heterocycles. The second-order valence-corrected chi connectivity index (χ2v) is 10.5. The van der Waals surface area contributed by atoms with Gasteiger partial charge in [0.25, 0.3) is 0 Å². The first-order chi connectivity index (χ1) is 17.8. The minimum absolute atomic E-state index is 0.152. The largest absolute Gasteiger partial charge is 0.444 e. The molecule has 3 heterocycles. The van der Waals surface area contributed by atoms with Crippen molar-refractivity contribution in [2.75, 3.05) is 25.0 Å². The molecule has 0 saturated carbocycles. The smallest absolute Gasteiger partial charge is 0.410 e. The van der Waals surface area contributed by atoms with E-state index in [0.29, 0.717) is 13.1 Å². The number of ether oxygens (including phenoxy) is 1. The predicted molar refractivity (Wildman–Crippen MR) is 147 cm³/mol. The van der Waals surface area contributed by atoms with E-state index in [1.165, 1.54) is 0 Å². The fourth-order valence-corrected chi connectivity index (χ4v) is 4.77. The lowest BCUT2D eigenvalue weighted by Gasteiger charge is -2.33. The minimum Gasteiger partial charge on any atom is -0.444 e. The van der Waals surface area contributed by atoms with Crippen molar-refractivity contribution in [3.8, 4) is 11.1 Å². The van der Waals surface area contributed by atoms with E-state index < -0.39 is 5.60 Å². The van der Waals surface area contributed by atoms with Gasteiger partial charge >= 0.3 is 6.09 Å². The lowest BCUT2D eigenvalue weighted by atomic mass is 9.95. The number of likely N-dealkylation sites (tertiary alicyclic amines) is 1. The third kappa shape index (κ3) is 5.40. The van der Waals surface area contributed by atoms with Crippen molar-refractivity contribution in [1.82, 2.24) is 19.9 Å². The molecule has 0 bridgehead atoms. The number of hydrogen-bond acceptors (Lipinski definition) is 6. The Hall–Kier alpha value is -4.00. The summed E-state index contributed by atoms with van der Waals surface area (Å²) < 4.78 is 5.57. The van der Waals surface area contributed by atoms with Crippen LogP contribution in [-0.2, 0) is 4.74 Å². The van der Waals surface area contributed by atoms with Crippen LogP contribution in [0, 0.1) is 0 Å². The summed E-state index contributed by atoms with van der Waals surface area (Å²) in [6, 6.07) is 22.4. The first-order valence-corrected chi connectivity index (χ1v) is 12.8. The average molecular weight is 496 g/mol. The number of rotatable bonds is 4. The van der Waals surface area contributed by atoms with E-state index in [1.807, 2.05) is 69.1 Å². The van der Waals surface area contributed by atoms with E-state index in [-0.39, 0.29) is 12.0 Å². The van der Waals surface area contributed by atoms with E-state index in [2.05, 4.69) is 35.3 Å². The highest BCUT2D eigenvalue weighted by atomic mass is 16.6. The maximum Gasteiger partial charge on any atom is 0.410 e. The van der Waals surface area contributed by atoms with Crippen LogP contribution in [-0.4, -0.2) is 51.7 Å². The van der Waals surface area contributed by atoms with Gasteiger partial charge in [0.15, 0.2) is 0 Å². The van der Waals surface area contributed by atoms with Gasteiger partial charge in [-0.1, -0.05) is 48.5 Å². The first kappa shape index (κ1) is 24.7. The van der Waals surface area contributed by atoms with Crippen LogP contribution in [0.2, 0.25) is 0 Å². The fourth-order valence-electron chi connectivity index (χ4n) is 4.77. The highest BCUT2D eigenvalue weighted by Crippen LogP contribution is 2.38. The second-order valence-electron chi connectivity index (χ2n) is 10.5. The summed E-state index contributed by atoms with van der Waals surface area (Å²) in [5, 5.41) is 0.997. The number of anilines is 2. The van der Waals surface area contributed by atoms with Crippen LogP contribution >= 0.6 is 0 Å². The lowest BCUT2D eigenvalue weighted by Crippen LogP contribution is -2.41. The van der Waals surface area contributed by atoms with Crippen molar-refractivity contribution in [3.63, 3.8) is 0 Å². The first-order valence-electron chi connectivity index (χ1n) is 12.8. The molecule has 1 amide bonds. The Morgan fingerprint density at radius 2 is 1.68 bits per heavy atom. The van der Waals surface area contributed by atoms with E-state index in [0.717, 1.165) is 52.3 Å².